The van der Waals surface area contributed by atoms with Gasteiger partial charge in [0.1, 0.15) is 0 Å². The molecule has 2 N–H and O–H groups in total. The van der Waals surface area contributed by atoms with Crippen LogP contribution in [0.25, 0.3) is 0 Å². The van der Waals surface area contributed by atoms with Crippen molar-refractivity contribution in [2.75, 3.05) is 6.54 Å². The summed E-state index contributed by atoms with van der Waals surface area (Å²) >= 11 is 0. The fourth-order valence-electron chi connectivity index (χ4n) is 3.07. The van der Waals surface area contributed by atoms with Crippen LogP contribution < -0.4 is 5.73 Å². The Kier molecular flexibility index (Phi) is 2.64. The zero-order chi connectivity index (χ0) is 9.31. The Hall–Kier alpha value is -0.0400. The van der Waals surface area contributed by atoms with Gasteiger partial charge in [-0.15, -0.1) is 0 Å². The summed E-state index contributed by atoms with van der Waals surface area (Å²) in [4.78, 5) is 0. The van der Waals surface area contributed by atoms with E-state index in [0.29, 0.717) is 5.41 Å². The fourth-order valence-corrected chi connectivity index (χ4v) is 3.07. The van der Waals surface area contributed by atoms with Gasteiger partial charge < -0.3 is 5.73 Å². The molecule has 13 heavy (non-hydrogen) atoms. The second-order valence-corrected chi connectivity index (χ2v) is 5.49. The largest absolute Gasteiger partial charge is 0.330 e. The van der Waals surface area contributed by atoms with Crippen molar-refractivity contribution in [1.29, 1.82) is 0 Å². The van der Waals surface area contributed by atoms with Crippen molar-refractivity contribution in [2.45, 2.75) is 51.9 Å². The molecule has 2 rings (SSSR count). The van der Waals surface area contributed by atoms with Gasteiger partial charge >= 0.3 is 0 Å². The lowest BCUT2D eigenvalue weighted by molar-refractivity contribution is 0.212. The summed E-state index contributed by atoms with van der Waals surface area (Å²) in [6, 6.07) is 0. The minimum Gasteiger partial charge on any atom is -0.330 e. The molecule has 0 amide bonds. The first-order valence-corrected chi connectivity index (χ1v) is 5.95. The van der Waals surface area contributed by atoms with Gasteiger partial charge in [-0.3, -0.25) is 0 Å². The van der Waals surface area contributed by atoms with E-state index < -0.39 is 0 Å². The third kappa shape index (κ3) is 2.07. The molecule has 1 heteroatoms. The minimum atomic E-state index is 0.495. The average molecular weight is 181 g/mol. The zero-order valence-electron chi connectivity index (χ0n) is 8.89. The smallest absolute Gasteiger partial charge is 0.00204 e. The Morgan fingerprint density at radius 2 is 1.77 bits per heavy atom. The average Bonchev–Trinajstić information content (AvgIpc) is 2.88. The number of rotatable bonds is 4. The summed E-state index contributed by atoms with van der Waals surface area (Å²) in [5, 5.41) is 0. The van der Waals surface area contributed by atoms with Crippen LogP contribution >= 0.6 is 0 Å². The highest BCUT2D eigenvalue weighted by Gasteiger charge is 2.41. The van der Waals surface area contributed by atoms with Crippen LogP contribution in [0.15, 0.2) is 0 Å². The first-order valence-electron chi connectivity index (χ1n) is 5.95. The molecule has 1 atom stereocenters. The maximum Gasteiger partial charge on any atom is -0.00204 e. The lowest BCUT2D eigenvalue weighted by atomic mass is 9.76. The van der Waals surface area contributed by atoms with E-state index in [0.717, 1.165) is 18.4 Å². The molecule has 76 valence electrons. The molecular formula is C12H23N. The molecule has 0 aromatic heterocycles. The van der Waals surface area contributed by atoms with Crippen LogP contribution in [0.5, 0.6) is 0 Å². The lowest BCUT2D eigenvalue weighted by Crippen LogP contribution is -2.31. The van der Waals surface area contributed by atoms with Crippen molar-refractivity contribution in [3.8, 4) is 0 Å². The van der Waals surface area contributed by atoms with Crippen LogP contribution in [0.4, 0.5) is 0 Å². The SMILES string of the molecule is CC(CN)(CC1CCCC1)C1CC1. The van der Waals surface area contributed by atoms with Crippen LogP contribution in [0.3, 0.4) is 0 Å². The van der Waals surface area contributed by atoms with E-state index in [1.165, 1.54) is 44.9 Å². The molecule has 2 aliphatic rings. The highest BCUT2D eigenvalue weighted by atomic mass is 14.6. The van der Waals surface area contributed by atoms with Gasteiger partial charge in [0.05, 0.1) is 0 Å². The Balaban J connectivity index is 1.88. The molecule has 0 saturated heterocycles. The van der Waals surface area contributed by atoms with Gasteiger partial charge in [0.25, 0.3) is 0 Å². The van der Waals surface area contributed by atoms with Gasteiger partial charge in [-0.05, 0) is 43.1 Å². The predicted molar refractivity (Wildman–Crippen MR) is 56.5 cm³/mol. The van der Waals surface area contributed by atoms with Gasteiger partial charge in [-0.2, -0.15) is 0 Å². The third-order valence-electron chi connectivity index (χ3n) is 4.26. The molecular weight excluding hydrogens is 158 g/mol. The highest BCUT2D eigenvalue weighted by Crippen LogP contribution is 2.50. The maximum atomic E-state index is 5.93. The summed E-state index contributed by atoms with van der Waals surface area (Å²) < 4.78 is 0. The van der Waals surface area contributed by atoms with Crippen LogP contribution in [-0.4, -0.2) is 6.54 Å². The van der Waals surface area contributed by atoms with Crippen LogP contribution in [0.1, 0.15) is 51.9 Å². The maximum absolute atomic E-state index is 5.93. The molecule has 0 aromatic carbocycles. The van der Waals surface area contributed by atoms with Crippen molar-refractivity contribution in [3.05, 3.63) is 0 Å². The predicted octanol–water partition coefficient (Wildman–Crippen LogP) is 2.94. The summed E-state index contributed by atoms with van der Waals surface area (Å²) in [7, 11) is 0. The van der Waals surface area contributed by atoms with E-state index in [2.05, 4.69) is 6.92 Å². The molecule has 0 aliphatic heterocycles. The van der Waals surface area contributed by atoms with E-state index in [1.807, 2.05) is 0 Å². The Labute approximate surface area is 82.1 Å². The van der Waals surface area contributed by atoms with E-state index in [1.54, 1.807) is 0 Å². The number of hydrogen-bond acceptors (Lipinski definition) is 1. The summed E-state index contributed by atoms with van der Waals surface area (Å²) in [6.45, 7) is 3.33. The standard InChI is InChI=1S/C12H23N/c1-12(9-13,11-6-7-11)8-10-4-2-3-5-10/h10-11H,2-9,13H2,1H3. The van der Waals surface area contributed by atoms with Crippen LogP contribution in [0, 0.1) is 17.3 Å². The Morgan fingerprint density at radius 1 is 1.15 bits per heavy atom. The van der Waals surface area contributed by atoms with Gasteiger partial charge in [0, 0.05) is 0 Å². The lowest BCUT2D eigenvalue weighted by Gasteiger charge is -2.31. The molecule has 0 aromatic rings. The summed E-state index contributed by atoms with van der Waals surface area (Å²) in [5.41, 5.74) is 6.42. The molecule has 2 saturated carbocycles. The molecule has 0 bridgehead atoms. The summed E-state index contributed by atoms with van der Waals surface area (Å²) in [5.74, 6) is 1.98. The highest BCUT2D eigenvalue weighted by molar-refractivity contribution is 4.93. The molecule has 1 unspecified atom stereocenters. The van der Waals surface area contributed by atoms with Crippen molar-refractivity contribution in [1.82, 2.24) is 0 Å². The topological polar surface area (TPSA) is 26.0 Å². The second-order valence-electron chi connectivity index (χ2n) is 5.49. The molecule has 1 nitrogen and oxygen atoms in total. The van der Waals surface area contributed by atoms with E-state index in [4.69, 9.17) is 5.73 Å². The molecule has 0 radical (unpaired) electrons. The monoisotopic (exact) mass is 181 g/mol. The molecule has 2 fully saturated rings. The summed E-state index contributed by atoms with van der Waals surface area (Å²) in [6.07, 6.45) is 10.2. The fraction of sp³-hybridized carbons (Fsp3) is 1.00. The third-order valence-corrected chi connectivity index (χ3v) is 4.26. The van der Waals surface area contributed by atoms with Crippen LogP contribution in [-0.2, 0) is 0 Å². The molecule has 0 heterocycles. The van der Waals surface area contributed by atoms with E-state index in [9.17, 15) is 0 Å². The quantitative estimate of drug-likeness (QED) is 0.709. The van der Waals surface area contributed by atoms with Gasteiger partial charge in [-0.1, -0.05) is 32.6 Å². The van der Waals surface area contributed by atoms with Gasteiger partial charge in [-0.25, -0.2) is 0 Å². The van der Waals surface area contributed by atoms with Crippen molar-refractivity contribution in [2.24, 2.45) is 23.0 Å². The molecule has 2 aliphatic carbocycles. The number of nitrogens with two attached hydrogens (primary N) is 1. The van der Waals surface area contributed by atoms with Crippen molar-refractivity contribution in [3.63, 3.8) is 0 Å². The first-order chi connectivity index (χ1) is 6.24. The van der Waals surface area contributed by atoms with Crippen molar-refractivity contribution >= 4 is 0 Å². The Bertz CT molecular complexity index is 168. The molecule has 0 spiro atoms. The van der Waals surface area contributed by atoms with Gasteiger partial charge in [0.15, 0.2) is 0 Å². The van der Waals surface area contributed by atoms with Crippen LogP contribution in [0.2, 0.25) is 0 Å². The first kappa shape index (κ1) is 9.51. The Morgan fingerprint density at radius 3 is 2.23 bits per heavy atom. The zero-order valence-corrected chi connectivity index (χ0v) is 8.89. The second kappa shape index (κ2) is 3.61. The van der Waals surface area contributed by atoms with E-state index in [-0.39, 0.29) is 0 Å². The van der Waals surface area contributed by atoms with Gasteiger partial charge in [0.2, 0.25) is 0 Å². The minimum absolute atomic E-state index is 0.495. The van der Waals surface area contributed by atoms with E-state index >= 15 is 0 Å². The number of hydrogen-bond donors (Lipinski definition) is 1. The normalized spacial score (nSPS) is 29.1. The van der Waals surface area contributed by atoms with Crippen molar-refractivity contribution < 1.29 is 0 Å².